The van der Waals surface area contributed by atoms with Gasteiger partial charge in [-0.2, -0.15) is 5.10 Å². The summed E-state index contributed by atoms with van der Waals surface area (Å²) in [6, 6.07) is 6.33. The summed E-state index contributed by atoms with van der Waals surface area (Å²) in [5.41, 5.74) is 2.14. The summed E-state index contributed by atoms with van der Waals surface area (Å²) in [5.74, 6) is -0.543. The number of anilines is 1. The van der Waals surface area contributed by atoms with E-state index in [4.69, 9.17) is 21.7 Å². The zero-order valence-corrected chi connectivity index (χ0v) is 17.7. The third-order valence-electron chi connectivity index (χ3n) is 4.66. The third-order valence-corrected chi connectivity index (χ3v) is 4.97. The minimum atomic E-state index is -0.556. The fraction of sp³-hybridized carbons (Fsp3) is 0.316. The summed E-state index contributed by atoms with van der Waals surface area (Å²) >= 11 is 4.90. The van der Waals surface area contributed by atoms with E-state index < -0.39 is 18.0 Å². The van der Waals surface area contributed by atoms with E-state index in [9.17, 15) is 9.18 Å². The van der Waals surface area contributed by atoms with Gasteiger partial charge in [0, 0.05) is 6.20 Å². The second kappa shape index (κ2) is 8.68. The quantitative estimate of drug-likeness (QED) is 0.574. The Morgan fingerprint density at radius 3 is 2.97 bits per heavy atom. The van der Waals surface area contributed by atoms with Crippen molar-refractivity contribution < 1.29 is 18.7 Å². The van der Waals surface area contributed by atoms with E-state index in [-0.39, 0.29) is 17.4 Å². The van der Waals surface area contributed by atoms with Crippen molar-refractivity contribution in [1.82, 2.24) is 30.1 Å². The van der Waals surface area contributed by atoms with Gasteiger partial charge in [-0.1, -0.05) is 5.21 Å². The third kappa shape index (κ3) is 4.63. The smallest absolute Gasteiger partial charge is 0.414 e. The molecule has 4 rings (SSSR count). The number of aromatic nitrogens is 5. The van der Waals surface area contributed by atoms with Gasteiger partial charge < -0.3 is 14.8 Å². The Kier molecular flexibility index (Phi) is 5.80. The van der Waals surface area contributed by atoms with Gasteiger partial charge in [-0.05, 0) is 43.4 Å². The number of aryl methyl sites for hydroxylation is 1. The summed E-state index contributed by atoms with van der Waals surface area (Å²) in [6.07, 6.45) is 2.48. The number of nitrogens with zero attached hydrogens (tertiary/aromatic N) is 6. The summed E-state index contributed by atoms with van der Waals surface area (Å²) in [5, 5.41) is 15.4. The number of nitrogens with one attached hydrogen (secondary N) is 1. The molecule has 1 aliphatic rings. The van der Waals surface area contributed by atoms with Gasteiger partial charge >= 0.3 is 6.09 Å². The molecule has 10 nitrogen and oxygen atoms in total. The maximum absolute atomic E-state index is 14.8. The SMILES string of the molecule is COC(=S)NC[C@H]1CN(c2ccc(-n3cc(Cn4ccc(C)n4)nn3)c(F)c2)C(=O)O1. The monoisotopic (exact) mass is 445 g/mol. The van der Waals surface area contributed by atoms with Crippen molar-refractivity contribution >= 4 is 29.2 Å². The average Bonchev–Trinajstić information content (AvgIpc) is 3.47. The molecule has 0 spiro atoms. The minimum Gasteiger partial charge on any atom is -0.474 e. The first-order valence-electron chi connectivity index (χ1n) is 9.44. The molecule has 0 unspecified atom stereocenters. The highest BCUT2D eigenvalue weighted by Gasteiger charge is 2.32. The van der Waals surface area contributed by atoms with Crippen LogP contribution in [0.25, 0.3) is 5.69 Å². The first kappa shape index (κ1) is 20.7. The van der Waals surface area contributed by atoms with Crippen molar-refractivity contribution in [2.45, 2.75) is 19.6 Å². The molecule has 3 aromatic rings. The molecule has 1 saturated heterocycles. The Labute approximate surface area is 182 Å². The number of amides is 1. The highest BCUT2D eigenvalue weighted by molar-refractivity contribution is 7.80. The molecule has 1 aromatic carbocycles. The van der Waals surface area contributed by atoms with E-state index >= 15 is 0 Å². The Hall–Kier alpha value is -3.54. The van der Waals surface area contributed by atoms with Gasteiger partial charge in [0.1, 0.15) is 17.5 Å². The minimum absolute atomic E-state index is 0.208. The molecule has 31 heavy (non-hydrogen) atoms. The number of ether oxygens (including phenoxy) is 2. The molecular formula is C19H20FN7O3S. The molecule has 3 heterocycles. The van der Waals surface area contributed by atoms with E-state index in [1.165, 1.54) is 22.8 Å². The second-order valence-electron chi connectivity index (χ2n) is 6.93. The predicted octanol–water partition coefficient (Wildman–Crippen LogP) is 1.81. The maximum Gasteiger partial charge on any atom is 0.414 e. The number of methoxy groups -OCH3 is 1. The van der Waals surface area contributed by atoms with Crippen molar-refractivity contribution in [3.05, 3.63) is 53.9 Å². The number of benzene rings is 1. The number of carbonyl (C=O) groups excluding carboxylic acids is 1. The molecule has 1 fully saturated rings. The van der Waals surface area contributed by atoms with Crippen LogP contribution in [0, 0.1) is 12.7 Å². The standard InChI is InChI=1S/C19H20FN7O3S/c1-12-5-6-25(23-12)9-13-10-27(24-22-13)17-4-3-14(7-16(17)20)26-11-15(30-19(26)28)8-21-18(31)29-2/h3-7,10,15H,8-9,11H2,1-2H3,(H,21,31)/t15-/m0/s1. The summed E-state index contributed by atoms with van der Waals surface area (Å²) < 4.78 is 28.0. The first-order valence-corrected chi connectivity index (χ1v) is 9.85. The van der Waals surface area contributed by atoms with E-state index in [2.05, 4.69) is 20.7 Å². The molecule has 1 aliphatic heterocycles. The molecule has 0 radical (unpaired) electrons. The van der Waals surface area contributed by atoms with Crippen LogP contribution < -0.4 is 10.2 Å². The van der Waals surface area contributed by atoms with E-state index in [1.54, 1.807) is 23.0 Å². The number of hydrogen-bond acceptors (Lipinski definition) is 7. The fourth-order valence-corrected chi connectivity index (χ4v) is 3.25. The van der Waals surface area contributed by atoms with E-state index in [1.807, 2.05) is 19.2 Å². The topological polar surface area (TPSA) is 99.3 Å². The molecule has 1 atom stereocenters. The van der Waals surface area contributed by atoms with Crippen molar-refractivity contribution in [3.63, 3.8) is 0 Å². The van der Waals surface area contributed by atoms with Gasteiger partial charge in [0.25, 0.3) is 5.17 Å². The van der Waals surface area contributed by atoms with E-state index in [0.717, 1.165) is 5.69 Å². The Balaban J connectivity index is 1.45. The van der Waals surface area contributed by atoms with Crippen LogP contribution >= 0.6 is 12.2 Å². The van der Waals surface area contributed by atoms with Crippen LogP contribution in [0.5, 0.6) is 0 Å². The Morgan fingerprint density at radius 1 is 1.42 bits per heavy atom. The van der Waals surface area contributed by atoms with Crippen LogP contribution in [0.3, 0.4) is 0 Å². The number of cyclic esters (lactones) is 1. The van der Waals surface area contributed by atoms with Crippen LogP contribution in [0.2, 0.25) is 0 Å². The molecule has 162 valence electrons. The van der Waals surface area contributed by atoms with Gasteiger partial charge in [-0.15, -0.1) is 5.10 Å². The van der Waals surface area contributed by atoms with Crippen LogP contribution in [0.1, 0.15) is 11.4 Å². The van der Waals surface area contributed by atoms with Gasteiger partial charge in [-0.25, -0.2) is 13.9 Å². The normalized spacial score (nSPS) is 15.8. The molecule has 2 aromatic heterocycles. The zero-order chi connectivity index (χ0) is 22.0. The van der Waals surface area contributed by atoms with Crippen molar-refractivity contribution in [3.8, 4) is 5.69 Å². The van der Waals surface area contributed by atoms with E-state index in [0.29, 0.717) is 24.5 Å². The number of thiocarbonyl (C=S) groups is 1. The highest BCUT2D eigenvalue weighted by atomic mass is 32.1. The summed E-state index contributed by atoms with van der Waals surface area (Å²) in [6.45, 7) is 2.88. The zero-order valence-electron chi connectivity index (χ0n) is 16.9. The fourth-order valence-electron chi connectivity index (χ4n) is 3.16. The first-order chi connectivity index (χ1) is 14.9. The van der Waals surface area contributed by atoms with Crippen molar-refractivity contribution in [2.24, 2.45) is 0 Å². The molecule has 0 saturated carbocycles. The van der Waals surface area contributed by atoms with Gasteiger partial charge in [-0.3, -0.25) is 9.58 Å². The van der Waals surface area contributed by atoms with Crippen LogP contribution in [-0.4, -0.2) is 62.3 Å². The van der Waals surface area contributed by atoms with Crippen LogP contribution in [0.4, 0.5) is 14.9 Å². The number of carbonyl (C=O) groups is 1. The van der Waals surface area contributed by atoms with Crippen molar-refractivity contribution in [1.29, 1.82) is 0 Å². The lowest BCUT2D eigenvalue weighted by molar-refractivity contribution is 0.142. The lowest BCUT2D eigenvalue weighted by atomic mass is 10.2. The Morgan fingerprint density at radius 2 is 2.26 bits per heavy atom. The predicted molar refractivity (Wildman–Crippen MR) is 113 cm³/mol. The number of rotatable bonds is 6. The van der Waals surface area contributed by atoms with Crippen LogP contribution in [0.15, 0.2) is 36.7 Å². The van der Waals surface area contributed by atoms with Gasteiger partial charge in [0.15, 0.2) is 5.82 Å². The Bertz CT molecular complexity index is 1120. The lowest BCUT2D eigenvalue weighted by Crippen LogP contribution is -2.34. The lowest BCUT2D eigenvalue weighted by Gasteiger charge is -2.14. The largest absolute Gasteiger partial charge is 0.474 e. The van der Waals surface area contributed by atoms with Crippen molar-refractivity contribution in [2.75, 3.05) is 25.1 Å². The number of halogens is 1. The molecule has 1 amide bonds. The molecular weight excluding hydrogens is 425 g/mol. The number of hydrogen-bond donors (Lipinski definition) is 1. The van der Waals surface area contributed by atoms with Crippen LogP contribution in [-0.2, 0) is 16.0 Å². The average molecular weight is 445 g/mol. The second-order valence-corrected chi connectivity index (χ2v) is 7.30. The van der Waals surface area contributed by atoms with Gasteiger partial charge in [0.2, 0.25) is 0 Å². The highest BCUT2D eigenvalue weighted by Crippen LogP contribution is 2.25. The summed E-state index contributed by atoms with van der Waals surface area (Å²) in [4.78, 5) is 13.6. The van der Waals surface area contributed by atoms with Gasteiger partial charge in [0.05, 0.1) is 44.3 Å². The molecule has 12 heteroatoms. The molecule has 0 bridgehead atoms. The summed E-state index contributed by atoms with van der Waals surface area (Å²) in [7, 11) is 1.45. The molecule has 1 N–H and O–H groups in total. The maximum atomic E-state index is 14.8. The molecule has 0 aliphatic carbocycles.